The number of fused-ring (bicyclic) bond motifs is 4. The number of carbonyl (C=O) groups is 5. The standard InChI is InChI=1S/C31H28ClFN2O8/c1-31-20(28(40)35(30(31)42)14-3-7-22(33)21(32)11-14)13-18-16(26(31)19-12-15(43-2)4-8-23(19)36)5-6-17-25(18)29(41)34(27(17)39)10-9-24(37)38/h3-5,7-8,11-12,17-18,20,25-26,36H,6,9-10,13H2,1-2H3,(H,37,38). The smallest absolute Gasteiger partial charge is 0.305 e. The molecule has 0 radical (unpaired) electrons. The van der Waals surface area contributed by atoms with Gasteiger partial charge in [-0.1, -0.05) is 23.3 Å². The highest BCUT2D eigenvalue weighted by atomic mass is 35.5. The molecule has 0 spiro atoms. The zero-order valence-electron chi connectivity index (χ0n) is 23.3. The Morgan fingerprint density at radius 3 is 2.51 bits per heavy atom. The number of carbonyl (C=O) groups excluding carboxylic acids is 4. The Labute approximate surface area is 250 Å². The molecule has 12 heteroatoms. The van der Waals surface area contributed by atoms with Crippen molar-refractivity contribution in [1.82, 2.24) is 4.90 Å². The highest BCUT2D eigenvalue weighted by molar-refractivity contribution is 6.31. The topological polar surface area (TPSA) is 142 Å². The third-order valence-corrected chi connectivity index (χ3v) is 9.91. The number of rotatable bonds is 6. The molecule has 6 atom stereocenters. The molecule has 2 aromatic rings. The van der Waals surface area contributed by atoms with Crippen LogP contribution >= 0.6 is 11.6 Å². The number of halogens is 2. The van der Waals surface area contributed by atoms with Crippen LogP contribution in [0.4, 0.5) is 10.1 Å². The first-order valence-corrected chi connectivity index (χ1v) is 14.2. The molecular weight excluding hydrogens is 583 g/mol. The summed E-state index contributed by atoms with van der Waals surface area (Å²) in [5.74, 6) is -7.83. The third kappa shape index (κ3) is 4.16. The number of nitrogens with zero attached hydrogens (tertiary/aromatic N) is 2. The van der Waals surface area contributed by atoms with Gasteiger partial charge in [0.2, 0.25) is 23.6 Å². The first kappa shape index (κ1) is 28.9. The molecule has 1 saturated carbocycles. The number of phenols is 1. The number of imide groups is 2. The molecule has 6 unspecified atom stereocenters. The number of hydrogen-bond donors (Lipinski definition) is 2. The lowest BCUT2D eigenvalue weighted by Crippen LogP contribution is -2.49. The monoisotopic (exact) mass is 610 g/mol. The van der Waals surface area contributed by atoms with Crippen LogP contribution in [0.25, 0.3) is 0 Å². The Morgan fingerprint density at radius 1 is 1.09 bits per heavy atom. The molecule has 2 heterocycles. The normalized spacial score (nSPS) is 29.8. The summed E-state index contributed by atoms with van der Waals surface area (Å²) in [6.45, 7) is 1.39. The highest BCUT2D eigenvalue weighted by Crippen LogP contribution is 2.64. The van der Waals surface area contributed by atoms with Gasteiger partial charge in [-0.3, -0.25) is 28.9 Å². The molecule has 2 aliphatic carbocycles. The number of anilines is 1. The lowest BCUT2D eigenvalue weighted by molar-refractivity contribution is -0.142. The predicted molar refractivity (Wildman–Crippen MR) is 150 cm³/mol. The van der Waals surface area contributed by atoms with Crippen molar-refractivity contribution >= 4 is 46.9 Å². The summed E-state index contributed by atoms with van der Waals surface area (Å²) in [5, 5.41) is 20.0. The fourth-order valence-corrected chi connectivity index (χ4v) is 7.79. The van der Waals surface area contributed by atoms with Crippen LogP contribution in [0.2, 0.25) is 5.02 Å². The third-order valence-electron chi connectivity index (χ3n) is 9.62. The van der Waals surface area contributed by atoms with Crippen LogP contribution in [0.1, 0.15) is 37.7 Å². The van der Waals surface area contributed by atoms with Crippen LogP contribution in [0.3, 0.4) is 0 Å². The summed E-state index contributed by atoms with van der Waals surface area (Å²) in [5.41, 5.74) is -0.385. The van der Waals surface area contributed by atoms with Gasteiger partial charge in [0.1, 0.15) is 17.3 Å². The number of aromatic hydroxyl groups is 1. The van der Waals surface area contributed by atoms with Crippen LogP contribution in [0.5, 0.6) is 11.5 Å². The number of carboxylic acid groups (broad SMARTS) is 1. The largest absolute Gasteiger partial charge is 0.508 e. The Bertz CT molecular complexity index is 1640. The first-order chi connectivity index (χ1) is 20.4. The van der Waals surface area contributed by atoms with Gasteiger partial charge < -0.3 is 14.9 Å². The van der Waals surface area contributed by atoms with E-state index in [-0.39, 0.29) is 35.8 Å². The van der Waals surface area contributed by atoms with Crippen LogP contribution < -0.4 is 9.64 Å². The number of allylic oxidation sites excluding steroid dienone is 2. The molecule has 2 aliphatic heterocycles. The number of methoxy groups -OCH3 is 1. The summed E-state index contributed by atoms with van der Waals surface area (Å²) in [6.07, 6.45) is 1.65. The number of carboxylic acids is 1. The average molecular weight is 611 g/mol. The van der Waals surface area contributed by atoms with Gasteiger partial charge in [-0.25, -0.2) is 9.29 Å². The number of hydrogen-bond acceptors (Lipinski definition) is 7. The Hall–Kier alpha value is -4.25. The van der Waals surface area contributed by atoms with Crippen molar-refractivity contribution in [2.75, 3.05) is 18.6 Å². The molecule has 2 saturated heterocycles. The number of amides is 4. The van der Waals surface area contributed by atoms with E-state index in [1.54, 1.807) is 19.1 Å². The van der Waals surface area contributed by atoms with Crippen LogP contribution in [0, 0.1) is 34.9 Å². The maximum absolute atomic E-state index is 14.4. The maximum atomic E-state index is 14.4. The van der Waals surface area contributed by atoms with Gasteiger partial charge in [-0.2, -0.15) is 0 Å². The highest BCUT2D eigenvalue weighted by Gasteiger charge is 2.68. The van der Waals surface area contributed by atoms with Crippen molar-refractivity contribution in [3.05, 3.63) is 64.5 Å². The molecule has 10 nitrogen and oxygen atoms in total. The molecule has 0 aromatic heterocycles. The van der Waals surface area contributed by atoms with E-state index in [0.717, 1.165) is 15.9 Å². The van der Waals surface area contributed by atoms with E-state index >= 15 is 0 Å². The van der Waals surface area contributed by atoms with E-state index in [0.29, 0.717) is 16.9 Å². The van der Waals surface area contributed by atoms with E-state index in [2.05, 4.69) is 0 Å². The Morgan fingerprint density at radius 2 is 1.84 bits per heavy atom. The SMILES string of the molecule is COc1ccc(O)c(C2C3=CCC4C(=O)N(CCC(=O)O)C(=O)C4C3CC3C(=O)N(c4ccc(F)c(Cl)c4)C(=O)C32C)c1. The van der Waals surface area contributed by atoms with E-state index in [1.165, 1.54) is 25.3 Å². The molecule has 4 aliphatic rings. The maximum Gasteiger partial charge on any atom is 0.305 e. The van der Waals surface area contributed by atoms with E-state index in [1.807, 2.05) is 6.08 Å². The number of likely N-dealkylation sites (tertiary alicyclic amines) is 1. The molecule has 6 rings (SSSR count). The zero-order chi connectivity index (χ0) is 31.0. The van der Waals surface area contributed by atoms with Gasteiger partial charge in [-0.15, -0.1) is 0 Å². The molecule has 4 amide bonds. The lowest BCUT2D eigenvalue weighted by atomic mass is 9.51. The minimum Gasteiger partial charge on any atom is -0.508 e. The van der Waals surface area contributed by atoms with Gasteiger partial charge in [0, 0.05) is 18.0 Å². The lowest BCUT2D eigenvalue weighted by Gasteiger charge is -2.49. The number of aliphatic carboxylic acids is 1. The van der Waals surface area contributed by atoms with Crippen molar-refractivity contribution in [3.8, 4) is 11.5 Å². The van der Waals surface area contributed by atoms with Crippen molar-refractivity contribution < 1.29 is 43.3 Å². The van der Waals surface area contributed by atoms with Gasteiger partial charge >= 0.3 is 5.97 Å². The summed E-state index contributed by atoms with van der Waals surface area (Å²) in [7, 11) is 1.45. The predicted octanol–water partition coefficient (Wildman–Crippen LogP) is 3.90. The second kappa shape index (κ2) is 10.2. The number of benzene rings is 2. The molecular formula is C31H28ClFN2O8. The van der Waals surface area contributed by atoms with Crippen molar-refractivity contribution in [1.29, 1.82) is 0 Å². The zero-order valence-corrected chi connectivity index (χ0v) is 24.0. The molecule has 224 valence electrons. The quantitative estimate of drug-likeness (QED) is 0.371. The number of phenolic OH excluding ortho intramolecular Hbond substituents is 1. The van der Waals surface area contributed by atoms with Gasteiger partial charge in [0.25, 0.3) is 0 Å². The average Bonchev–Trinajstić information content (AvgIpc) is 3.33. The second-order valence-electron chi connectivity index (χ2n) is 11.7. The van der Waals surface area contributed by atoms with Crippen LogP contribution in [0.15, 0.2) is 48.0 Å². The van der Waals surface area contributed by atoms with E-state index in [4.69, 9.17) is 21.4 Å². The Balaban J connectivity index is 1.50. The summed E-state index contributed by atoms with van der Waals surface area (Å²) in [6, 6.07) is 8.13. The summed E-state index contributed by atoms with van der Waals surface area (Å²) < 4.78 is 19.4. The minimum absolute atomic E-state index is 0.0620. The molecule has 43 heavy (non-hydrogen) atoms. The van der Waals surface area contributed by atoms with Crippen molar-refractivity contribution in [2.24, 2.45) is 29.1 Å². The van der Waals surface area contributed by atoms with E-state index in [9.17, 15) is 33.5 Å². The molecule has 2 aromatic carbocycles. The molecule has 2 N–H and O–H groups in total. The number of ether oxygens (including phenoxy) is 1. The minimum atomic E-state index is -1.44. The fraction of sp³-hybridized carbons (Fsp3) is 0.387. The fourth-order valence-electron chi connectivity index (χ4n) is 7.61. The molecule has 3 fully saturated rings. The second-order valence-corrected chi connectivity index (χ2v) is 12.1. The van der Waals surface area contributed by atoms with Gasteiger partial charge in [0.05, 0.1) is 47.4 Å². The summed E-state index contributed by atoms with van der Waals surface area (Å²) in [4.78, 5) is 68.7. The van der Waals surface area contributed by atoms with Crippen LogP contribution in [-0.2, 0) is 24.0 Å². The Kier molecular flexibility index (Phi) is 6.83. The first-order valence-electron chi connectivity index (χ1n) is 13.9. The molecule has 0 bridgehead atoms. The van der Waals surface area contributed by atoms with Crippen molar-refractivity contribution in [3.63, 3.8) is 0 Å². The van der Waals surface area contributed by atoms with Gasteiger partial charge in [0.15, 0.2) is 0 Å². The van der Waals surface area contributed by atoms with Gasteiger partial charge in [-0.05, 0) is 62.1 Å². The van der Waals surface area contributed by atoms with Crippen molar-refractivity contribution in [2.45, 2.75) is 32.1 Å². The van der Waals surface area contributed by atoms with E-state index < -0.39 is 76.8 Å². The summed E-state index contributed by atoms with van der Waals surface area (Å²) >= 11 is 6.01. The van der Waals surface area contributed by atoms with Crippen LogP contribution in [-0.4, -0.2) is 58.4 Å².